The van der Waals surface area contributed by atoms with Crippen molar-refractivity contribution in [3.05, 3.63) is 107 Å². The number of hydrogen-bond acceptors (Lipinski definition) is 5. The lowest BCUT2D eigenvalue weighted by atomic mass is 9.96. The molecule has 3 heterocycles. The summed E-state index contributed by atoms with van der Waals surface area (Å²) < 4.78 is 7.88. The standard InChI is InChI=1S/C33H35N3O4/c1-4-5-9-20-40-26-16-10-15-25(21-26)29-27(30(37)28-23(3)35-18-11-12-22(2)32(35)34-28)31(38)33(39)36(29)19-17-24-13-7-6-8-14-24/h6-8,10-16,18,21,29,37H,4-5,9,17,19-20H2,1-3H3/b30-27+. The molecule has 1 N–H and O–H groups in total. The Bertz CT molecular complexity index is 1570. The maximum atomic E-state index is 13.6. The Morgan fingerprint density at radius 1 is 1.00 bits per heavy atom. The summed E-state index contributed by atoms with van der Waals surface area (Å²) >= 11 is 0. The van der Waals surface area contributed by atoms with E-state index in [9.17, 15) is 14.7 Å². The van der Waals surface area contributed by atoms with Crippen molar-refractivity contribution in [1.82, 2.24) is 14.3 Å². The van der Waals surface area contributed by atoms with Crippen LogP contribution in [0.4, 0.5) is 0 Å². The van der Waals surface area contributed by atoms with Gasteiger partial charge >= 0.3 is 0 Å². The molecule has 0 spiro atoms. The van der Waals surface area contributed by atoms with Gasteiger partial charge in [0.05, 0.1) is 23.9 Å². The number of benzene rings is 2. The third-order valence-corrected chi connectivity index (χ3v) is 7.52. The lowest BCUT2D eigenvalue weighted by Crippen LogP contribution is -2.31. The highest BCUT2D eigenvalue weighted by Crippen LogP contribution is 2.40. The number of carbonyl (C=O) groups is 2. The SMILES string of the molecule is CCCCCOc1cccc(C2/C(=C(\O)c3nc4c(C)cccn4c3C)C(=O)C(=O)N2CCc2ccccc2)c1. The van der Waals surface area contributed by atoms with Crippen LogP contribution in [0.15, 0.2) is 78.5 Å². The Morgan fingerprint density at radius 3 is 2.55 bits per heavy atom. The number of aryl methyl sites for hydroxylation is 2. The third-order valence-electron chi connectivity index (χ3n) is 7.52. The summed E-state index contributed by atoms with van der Waals surface area (Å²) in [4.78, 5) is 33.3. The second kappa shape index (κ2) is 11.8. The number of rotatable bonds is 10. The molecule has 206 valence electrons. The van der Waals surface area contributed by atoms with Crippen LogP contribution >= 0.6 is 0 Å². The van der Waals surface area contributed by atoms with Gasteiger partial charge in [-0.1, -0.05) is 68.3 Å². The predicted octanol–water partition coefficient (Wildman–Crippen LogP) is 6.18. The molecule has 7 heteroatoms. The maximum absolute atomic E-state index is 13.6. The average Bonchev–Trinajstić information content (AvgIpc) is 3.44. The summed E-state index contributed by atoms with van der Waals surface area (Å²) in [6, 6.07) is 20.4. The fourth-order valence-corrected chi connectivity index (χ4v) is 5.34. The molecule has 1 amide bonds. The topological polar surface area (TPSA) is 84.1 Å². The van der Waals surface area contributed by atoms with Gasteiger partial charge in [-0.2, -0.15) is 0 Å². The first-order chi connectivity index (χ1) is 19.4. The van der Waals surface area contributed by atoms with Crippen LogP contribution in [0.3, 0.4) is 0 Å². The highest BCUT2D eigenvalue weighted by molar-refractivity contribution is 6.46. The number of ketones is 1. The van der Waals surface area contributed by atoms with Gasteiger partial charge in [0.25, 0.3) is 11.7 Å². The number of fused-ring (bicyclic) bond motifs is 1. The number of likely N-dealkylation sites (tertiary alicyclic amines) is 1. The van der Waals surface area contributed by atoms with Gasteiger partial charge in [-0.3, -0.25) is 9.59 Å². The van der Waals surface area contributed by atoms with E-state index in [-0.39, 0.29) is 11.3 Å². The van der Waals surface area contributed by atoms with E-state index in [0.29, 0.717) is 47.9 Å². The molecule has 40 heavy (non-hydrogen) atoms. The highest BCUT2D eigenvalue weighted by atomic mass is 16.5. The number of hydrogen-bond donors (Lipinski definition) is 1. The van der Waals surface area contributed by atoms with Crippen LogP contribution in [0, 0.1) is 13.8 Å². The van der Waals surface area contributed by atoms with Crippen LogP contribution in [0.2, 0.25) is 0 Å². The fourth-order valence-electron chi connectivity index (χ4n) is 5.34. The molecule has 4 aromatic rings. The molecule has 1 aliphatic heterocycles. The van der Waals surface area contributed by atoms with E-state index in [4.69, 9.17) is 4.74 Å². The number of Topliss-reactive ketones (excluding diaryl/α,β-unsaturated/α-hetero) is 1. The third kappa shape index (κ3) is 5.24. The zero-order chi connectivity index (χ0) is 28.2. The molecule has 0 bridgehead atoms. The van der Waals surface area contributed by atoms with E-state index in [2.05, 4.69) is 11.9 Å². The molecule has 1 unspecified atom stereocenters. The van der Waals surface area contributed by atoms with Crippen molar-refractivity contribution in [2.24, 2.45) is 0 Å². The zero-order valence-corrected chi connectivity index (χ0v) is 23.3. The molecule has 1 atom stereocenters. The molecular weight excluding hydrogens is 502 g/mol. The quantitative estimate of drug-likeness (QED) is 0.113. The summed E-state index contributed by atoms with van der Waals surface area (Å²) in [5.41, 5.74) is 4.44. The van der Waals surface area contributed by atoms with Gasteiger partial charge in [-0.15, -0.1) is 0 Å². The van der Waals surface area contributed by atoms with Crippen molar-refractivity contribution in [1.29, 1.82) is 0 Å². The van der Waals surface area contributed by atoms with E-state index in [1.54, 1.807) is 4.90 Å². The Morgan fingerprint density at radius 2 is 1.80 bits per heavy atom. The lowest BCUT2D eigenvalue weighted by Gasteiger charge is -2.25. The Kier molecular flexibility index (Phi) is 8.01. The van der Waals surface area contributed by atoms with Crippen molar-refractivity contribution >= 4 is 23.1 Å². The molecule has 0 aliphatic carbocycles. The van der Waals surface area contributed by atoms with Crippen molar-refractivity contribution in [2.45, 2.75) is 52.5 Å². The zero-order valence-electron chi connectivity index (χ0n) is 23.3. The number of aliphatic hydroxyl groups is 1. The van der Waals surface area contributed by atoms with Crippen molar-refractivity contribution < 1.29 is 19.4 Å². The first-order valence-corrected chi connectivity index (χ1v) is 13.9. The van der Waals surface area contributed by atoms with Gasteiger partial charge in [0.1, 0.15) is 17.1 Å². The van der Waals surface area contributed by atoms with E-state index < -0.39 is 17.7 Å². The smallest absolute Gasteiger partial charge is 0.295 e. The number of amides is 1. The molecule has 1 aliphatic rings. The lowest BCUT2D eigenvalue weighted by molar-refractivity contribution is -0.139. The summed E-state index contributed by atoms with van der Waals surface area (Å²) in [6.07, 6.45) is 5.57. The van der Waals surface area contributed by atoms with Gasteiger partial charge in [-0.05, 0) is 61.6 Å². The molecule has 5 rings (SSSR count). The summed E-state index contributed by atoms with van der Waals surface area (Å²) in [6.45, 7) is 6.84. The van der Waals surface area contributed by atoms with Crippen LogP contribution in [0.1, 0.15) is 60.3 Å². The average molecular weight is 538 g/mol. The number of pyridine rings is 1. The van der Waals surface area contributed by atoms with E-state index in [0.717, 1.165) is 30.4 Å². The van der Waals surface area contributed by atoms with Crippen molar-refractivity contribution in [2.75, 3.05) is 13.2 Å². The normalized spacial score (nSPS) is 16.7. The van der Waals surface area contributed by atoms with E-state index >= 15 is 0 Å². The first kappa shape index (κ1) is 27.2. The van der Waals surface area contributed by atoms with Crippen LogP contribution in [0.5, 0.6) is 5.75 Å². The number of carbonyl (C=O) groups excluding carboxylic acids is 2. The number of unbranched alkanes of at least 4 members (excludes halogenated alkanes) is 2. The van der Waals surface area contributed by atoms with Gasteiger partial charge < -0.3 is 19.1 Å². The fraction of sp³-hybridized carbons (Fsp3) is 0.303. The largest absolute Gasteiger partial charge is 0.505 e. The number of nitrogens with zero attached hydrogens (tertiary/aromatic N) is 3. The number of aromatic nitrogens is 2. The first-order valence-electron chi connectivity index (χ1n) is 13.9. The predicted molar refractivity (Wildman–Crippen MR) is 155 cm³/mol. The van der Waals surface area contributed by atoms with Crippen LogP contribution in [-0.2, 0) is 16.0 Å². The van der Waals surface area contributed by atoms with Gasteiger partial charge in [-0.25, -0.2) is 4.98 Å². The van der Waals surface area contributed by atoms with Crippen LogP contribution in [-0.4, -0.2) is 44.2 Å². The summed E-state index contributed by atoms with van der Waals surface area (Å²) in [5, 5.41) is 11.7. The molecule has 2 aromatic carbocycles. The molecule has 1 fully saturated rings. The van der Waals surface area contributed by atoms with E-state index in [1.807, 2.05) is 91.2 Å². The maximum Gasteiger partial charge on any atom is 0.295 e. The minimum absolute atomic E-state index is 0.0466. The highest BCUT2D eigenvalue weighted by Gasteiger charge is 2.46. The second-order valence-corrected chi connectivity index (χ2v) is 10.3. The Balaban J connectivity index is 1.59. The molecule has 0 saturated carbocycles. The Hall–Kier alpha value is -4.39. The molecule has 1 saturated heterocycles. The summed E-state index contributed by atoms with van der Waals surface area (Å²) in [7, 11) is 0. The Labute approximate surface area is 234 Å². The summed E-state index contributed by atoms with van der Waals surface area (Å²) in [5.74, 6) is -0.936. The minimum atomic E-state index is -0.770. The number of aliphatic hydroxyl groups excluding tert-OH is 1. The van der Waals surface area contributed by atoms with Gasteiger partial charge in [0.15, 0.2) is 5.76 Å². The molecule has 7 nitrogen and oxygen atoms in total. The van der Waals surface area contributed by atoms with Crippen LogP contribution in [0.25, 0.3) is 11.4 Å². The van der Waals surface area contributed by atoms with Crippen LogP contribution < -0.4 is 4.74 Å². The number of imidazole rings is 1. The minimum Gasteiger partial charge on any atom is -0.505 e. The van der Waals surface area contributed by atoms with Crippen molar-refractivity contribution in [3.8, 4) is 5.75 Å². The molecular formula is C33H35N3O4. The van der Waals surface area contributed by atoms with Gasteiger partial charge in [0, 0.05) is 12.7 Å². The van der Waals surface area contributed by atoms with Gasteiger partial charge in [0.2, 0.25) is 0 Å². The second-order valence-electron chi connectivity index (χ2n) is 10.3. The molecule has 0 radical (unpaired) electrons. The molecule has 2 aromatic heterocycles. The van der Waals surface area contributed by atoms with E-state index in [1.165, 1.54) is 0 Å². The number of ether oxygens (including phenoxy) is 1. The monoisotopic (exact) mass is 537 g/mol. The van der Waals surface area contributed by atoms with Crippen molar-refractivity contribution in [3.63, 3.8) is 0 Å².